The Morgan fingerprint density at radius 1 is 1.15 bits per heavy atom. The largest absolute Gasteiger partial charge is 0.481 e. The van der Waals surface area contributed by atoms with Crippen molar-refractivity contribution >= 4 is 11.9 Å². The minimum Gasteiger partial charge on any atom is -0.481 e. The smallest absolute Gasteiger partial charge is 0.320 e. The standard InChI is InChI=1S/C10H10N2O2.C9H17NO2/c11-6-8-3-1-7(2-4-8)5-9(12)10(13)14;10-7-9(6-8(11)12)4-2-1-3-5-9/h1-4,9H,5,12H2,(H,13,14);1-7,10H2,(H,11,12)/t9-;/m0./s1. The molecular weight excluding hydrogens is 334 g/mol. The van der Waals surface area contributed by atoms with Crippen LogP contribution in [0, 0.1) is 16.7 Å². The molecule has 1 saturated carbocycles. The van der Waals surface area contributed by atoms with Crippen LogP contribution in [-0.2, 0) is 16.0 Å². The lowest BCUT2D eigenvalue weighted by Gasteiger charge is -2.34. The van der Waals surface area contributed by atoms with E-state index in [2.05, 4.69) is 0 Å². The van der Waals surface area contributed by atoms with E-state index >= 15 is 0 Å². The number of hydrogen-bond acceptors (Lipinski definition) is 5. The molecule has 2 rings (SSSR count). The van der Waals surface area contributed by atoms with Crippen LogP contribution in [0.25, 0.3) is 0 Å². The van der Waals surface area contributed by atoms with Crippen molar-refractivity contribution < 1.29 is 19.8 Å². The number of aliphatic carboxylic acids is 2. The third-order valence-electron chi connectivity index (χ3n) is 4.73. The lowest BCUT2D eigenvalue weighted by Crippen LogP contribution is -2.34. The van der Waals surface area contributed by atoms with Gasteiger partial charge in [-0.15, -0.1) is 0 Å². The van der Waals surface area contributed by atoms with E-state index in [-0.39, 0.29) is 18.3 Å². The molecule has 1 aliphatic carbocycles. The molecule has 0 radical (unpaired) electrons. The third-order valence-corrected chi connectivity index (χ3v) is 4.73. The molecule has 26 heavy (non-hydrogen) atoms. The van der Waals surface area contributed by atoms with Crippen LogP contribution >= 0.6 is 0 Å². The zero-order valence-corrected chi connectivity index (χ0v) is 14.9. The van der Waals surface area contributed by atoms with E-state index in [9.17, 15) is 9.59 Å². The highest BCUT2D eigenvalue weighted by atomic mass is 16.4. The maximum atomic E-state index is 10.6. The van der Waals surface area contributed by atoms with Crippen molar-refractivity contribution in [3.63, 3.8) is 0 Å². The number of carboxylic acids is 2. The van der Waals surface area contributed by atoms with Gasteiger partial charge in [-0.05, 0) is 48.9 Å². The van der Waals surface area contributed by atoms with Crippen molar-refractivity contribution in [2.45, 2.75) is 51.0 Å². The Labute approximate surface area is 153 Å². The number of carboxylic acid groups (broad SMARTS) is 2. The van der Waals surface area contributed by atoms with Crippen molar-refractivity contribution in [1.29, 1.82) is 5.26 Å². The van der Waals surface area contributed by atoms with Crippen molar-refractivity contribution in [3.8, 4) is 6.07 Å². The SMILES string of the molecule is N#Cc1ccc(C[C@H](N)C(=O)O)cc1.NCC1(CC(=O)O)CCCCC1. The van der Waals surface area contributed by atoms with Crippen LogP contribution in [0.4, 0.5) is 0 Å². The summed E-state index contributed by atoms with van der Waals surface area (Å²) >= 11 is 0. The molecule has 0 saturated heterocycles. The monoisotopic (exact) mass is 361 g/mol. The lowest BCUT2D eigenvalue weighted by atomic mass is 9.72. The quantitative estimate of drug-likeness (QED) is 0.604. The first kappa shape index (κ1) is 21.6. The van der Waals surface area contributed by atoms with Crippen LogP contribution in [0.3, 0.4) is 0 Å². The van der Waals surface area contributed by atoms with E-state index in [4.69, 9.17) is 26.9 Å². The Kier molecular flexibility index (Phi) is 8.76. The number of nitriles is 1. The molecule has 0 heterocycles. The molecule has 0 bridgehead atoms. The lowest BCUT2D eigenvalue weighted by molar-refractivity contribution is -0.140. The molecule has 7 heteroatoms. The summed E-state index contributed by atoms with van der Waals surface area (Å²) < 4.78 is 0. The van der Waals surface area contributed by atoms with Crippen molar-refractivity contribution in [2.24, 2.45) is 16.9 Å². The fourth-order valence-corrected chi connectivity index (χ4v) is 3.13. The molecule has 1 fully saturated rings. The Balaban J connectivity index is 0.000000263. The average Bonchev–Trinajstić information content (AvgIpc) is 2.63. The van der Waals surface area contributed by atoms with E-state index in [1.807, 2.05) is 6.07 Å². The summed E-state index contributed by atoms with van der Waals surface area (Å²) in [6.07, 6.45) is 6.05. The van der Waals surface area contributed by atoms with Crippen LogP contribution < -0.4 is 11.5 Å². The van der Waals surface area contributed by atoms with Gasteiger partial charge in [0, 0.05) is 0 Å². The van der Waals surface area contributed by atoms with Crippen LogP contribution in [0.5, 0.6) is 0 Å². The third kappa shape index (κ3) is 7.21. The Bertz CT molecular complexity index is 631. The maximum Gasteiger partial charge on any atom is 0.320 e. The second-order valence-electron chi connectivity index (χ2n) is 6.79. The summed E-state index contributed by atoms with van der Waals surface area (Å²) in [7, 11) is 0. The minimum absolute atomic E-state index is 0.0793. The summed E-state index contributed by atoms with van der Waals surface area (Å²) in [5.41, 5.74) is 12.3. The second kappa shape index (κ2) is 10.5. The fourth-order valence-electron chi connectivity index (χ4n) is 3.13. The molecule has 1 aromatic carbocycles. The molecule has 1 atom stereocenters. The van der Waals surface area contributed by atoms with Gasteiger partial charge in [0.25, 0.3) is 0 Å². The van der Waals surface area contributed by atoms with Gasteiger partial charge >= 0.3 is 11.9 Å². The maximum absolute atomic E-state index is 10.6. The molecule has 0 aromatic heterocycles. The highest BCUT2D eigenvalue weighted by Gasteiger charge is 2.32. The number of benzene rings is 1. The van der Waals surface area contributed by atoms with Gasteiger partial charge in [-0.1, -0.05) is 31.4 Å². The normalized spacial score (nSPS) is 16.5. The van der Waals surface area contributed by atoms with E-state index in [1.165, 1.54) is 6.42 Å². The molecule has 0 amide bonds. The Morgan fingerprint density at radius 3 is 2.15 bits per heavy atom. The van der Waals surface area contributed by atoms with Gasteiger partial charge in [0.2, 0.25) is 0 Å². The number of rotatable bonds is 6. The van der Waals surface area contributed by atoms with E-state index in [0.717, 1.165) is 31.2 Å². The highest BCUT2D eigenvalue weighted by molar-refractivity contribution is 5.73. The molecule has 0 spiro atoms. The fraction of sp³-hybridized carbons (Fsp3) is 0.526. The summed E-state index contributed by atoms with van der Waals surface area (Å²) in [4.78, 5) is 21.0. The molecule has 0 aliphatic heterocycles. The van der Waals surface area contributed by atoms with Crippen molar-refractivity contribution in [2.75, 3.05) is 6.54 Å². The first-order valence-electron chi connectivity index (χ1n) is 8.71. The topological polar surface area (TPSA) is 150 Å². The summed E-state index contributed by atoms with van der Waals surface area (Å²) in [5.74, 6) is -1.73. The van der Waals surface area contributed by atoms with Gasteiger partial charge in [0.1, 0.15) is 6.04 Å². The van der Waals surface area contributed by atoms with Gasteiger partial charge in [-0.3, -0.25) is 9.59 Å². The van der Waals surface area contributed by atoms with Gasteiger partial charge in [-0.25, -0.2) is 0 Å². The first-order valence-corrected chi connectivity index (χ1v) is 8.71. The number of nitrogens with two attached hydrogens (primary N) is 2. The highest BCUT2D eigenvalue weighted by Crippen LogP contribution is 2.38. The Hall–Kier alpha value is -2.43. The summed E-state index contributed by atoms with van der Waals surface area (Å²) in [5, 5.41) is 25.8. The van der Waals surface area contributed by atoms with E-state index in [1.54, 1.807) is 24.3 Å². The van der Waals surface area contributed by atoms with Crippen LogP contribution in [0.15, 0.2) is 24.3 Å². The number of hydrogen-bond donors (Lipinski definition) is 4. The van der Waals surface area contributed by atoms with E-state index < -0.39 is 18.0 Å². The van der Waals surface area contributed by atoms with Crippen molar-refractivity contribution in [1.82, 2.24) is 0 Å². The van der Waals surface area contributed by atoms with Crippen LogP contribution in [0.2, 0.25) is 0 Å². The molecule has 1 aromatic rings. The molecular formula is C19H27N3O4. The molecule has 6 N–H and O–H groups in total. The zero-order chi connectivity index (χ0) is 19.6. The molecule has 0 unspecified atom stereocenters. The summed E-state index contributed by atoms with van der Waals surface area (Å²) in [6, 6.07) is 7.80. The van der Waals surface area contributed by atoms with Crippen LogP contribution in [-0.4, -0.2) is 34.7 Å². The summed E-state index contributed by atoms with van der Waals surface area (Å²) in [6.45, 7) is 0.527. The number of nitrogens with zero attached hydrogens (tertiary/aromatic N) is 1. The second-order valence-corrected chi connectivity index (χ2v) is 6.79. The van der Waals surface area contributed by atoms with Gasteiger partial charge < -0.3 is 21.7 Å². The van der Waals surface area contributed by atoms with E-state index in [0.29, 0.717) is 12.1 Å². The van der Waals surface area contributed by atoms with Gasteiger partial charge in [0.15, 0.2) is 0 Å². The van der Waals surface area contributed by atoms with Crippen LogP contribution in [0.1, 0.15) is 49.7 Å². The minimum atomic E-state index is -1.02. The first-order chi connectivity index (χ1) is 12.3. The molecule has 142 valence electrons. The zero-order valence-electron chi connectivity index (χ0n) is 14.9. The average molecular weight is 361 g/mol. The Morgan fingerprint density at radius 2 is 1.73 bits per heavy atom. The van der Waals surface area contributed by atoms with Crippen molar-refractivity contribution in [3.05, 3.63) is 35.4 Å². The predicted molar refractivity (Wildman–Crippen MR) is 97.3 cm³/mol. The molecule has 7 nitrogen and oxygen atoms in total. The van der Waals surface area contributed by atoms with Gasteiger partial charge in [0.05, 0.1) is 18.1 Å². The number of carbonyl (C=O) groups is 2. The predicted octanol–water partition coefficient (Wildman–Crippen LogP) is 1.88. The molecule has 1 aliphatic rings. The van der Waals surface area contributed by atoms with Gasteiger partial charge in [-0.2, -0.15) is 5.26 Å².